The van der Waals surface area contributed by atoms with Crippen molar-refractivity contribution in [2.24, 2.45) is 33.0 Å². The highest BCUT2D eigenvalue weighted by molar-refractivity contribution is 5.91. The molecule has 6 atom stereocenters. The van der Waals surface area contributed by atoms with E-state index in [1.807, 2.05) is 6.08 Å². The Bertz CT molecular complexity index is 738. The van der Waals surface area contributed by atoms with Gasteiger partial charge in [0.1, 0.15) is 6.61 Å². The zero-order valence-corrected chi connectivity index (χ0v) is 17.8. The van der Waals surface area contributed by atoms with Crippen LogP contribution in [0.3, 0.4) is 0 Å². The molecule has 4 aliphatic carbocycles. The fraction of sp³-hybridized carbons (Fsp3) is 0.833. The Morgan fingerprint density at radius 3 is 2.33 bits per heavy atom. The molecule has 150 valence electrons. The number of carbonyl (C=O) groups is 2. The van der Waals surface area contributed by atoms with Crippen molar-refractivity contribution < 1.29 is 14.7 Å². The standard InChI is InChI=1S/C24H36O3/c1-20-9-7-17(26)14-16(20)6-10-24(5)22(3)11-8-18(19(27)15-25)21(22,2)12-13-23(20,24)4/h14,18,25H,6-13,15H2,1-5H3. The highest BCUT2D eigenvalue weighted by Crippen LogP contribution is 2.81. The lowest BCUT2D eigenvalue weighted by Gasteiger charge is -2.73. The molecule has 0 bridgehead atoms. The number of fused-ring (bicyclic) bond motifs is 5. The van der Waals surface area contributed by atoms with Gasteiger partial charge in [0.15, 0.2) is 11.6 Å². The molecule has 0 aromatic heterocycles. The number of rotatable bonds is 2. The highest BCUT2D eigenvalue weighted by Gasteiger charge is 2.74. The molecule has 0 spiro atoms. The molecule has 3 nitrogen and oxygen atoms in total. The number of allylic oxidation sites excluding steroid dienone is 1. The second-order valence-corrected chi connectivity index (χ2v) is 11.1. The second-order valence-electron chi connectivity index (χ2n) is 11.1. The van der Waals surface area contributed by atoms with Gasteiger partial charge in [-0.3, -0.25) is 9.59 Å². The number of ketones is 2. The molecule has 4 aliphatic rings. The van der Waals surface area contributed by atoms with E-state index >= 15 is 0 Å². The lowest BCUT2D eigenvalue weighted by atomic mass is 9.31. The molecule has 6 unspecified atom stereocenters. The molecule has 1 N–H and O–H groups in total. The first-order valence-electron chi connectivity index (χ1n) is 10.9. The molecule has 0 radical (unpaired) electrons. The third-order valence-electron chi connectivity index (χ3n) is 11.1. The predicted molar refractivity (Wildman–Crippen MR) is 106 cm³/mol. The summed E-state index contributed by atoms with van der Waals surface area (Å²) in [4.78, 5) is 24.7. The van der Waals surface area contributed by atoms with E-state index in [0.717, 1.165) is 44.9 Å². The molecule has 3 heteroatoms. The van der Waals surface area contributed by atoms with Crippen LogP contribution in [-0.2, 0) is 9.59 Å². The first kappa shape index (κ1) is 19.4. The van der Waals surface area contributed by atoms with Gasteiger partial charge < -0.3 is 5.11 Å². The molecular weight excluding hydrogens is 336 g/mol. The lowest BCUT2D eigenvalue weighted by molar-refractivity contribution is -0.226. The SMILES string of the molecule is CC12CCC(=O)C=C1CCC1(C)C2(C)CCC2(C)C(C(=O)CO)CCC21C. The second kappa shape index (κ2) is 5.55. The minimum atomic E-state index is -0.322. The van der Waals surface area contributed by atoms with E-state index in [4.69, 9.17) is 0 Å². The summed E-state index contributed by atoms with van der Waals surface area (Å²) < 4.78 is 0. The molecule has 0 aromatic rings. The van der Waals surface area contributed by atoms with Crippen LogP contribution < -0.4 is 0 Å². The van der Waals surface area contributed by atoms with Crippen LogP contribution in [-0.4, -0.2) is 23.3 Å². The third kappa shape index (κ3) is 1.97. The van der Waals surface area contributed by atoms with Crippen molar-refractivity contribution >= 4 is 11.6 Å². The van der Waals surface area contributed by atoms with Crippen molar-refractivity contribution in [3.8, 4) is 0 Å². The van der Waals surface area contributed by atoms with Crippen molar-refractivity contribution in [1.82, 2.24) is 0 Å². The number of hydrogen-bond donors (Lipinski definition) is 1. The summed E-state index contributed by atoms with van der Waals surface area (Å²) in [6.07, 6.45) is 9.85. The molecule has 4 rings (SSSR count). The Morgan fingerprint density at radius 2 is 1.67 bits per heavy atom. The van der Waals surface area contributed by atoms with Crippen molar-refractivity contribution in [2.75, 3.05) is 6.61 Å². The normalized spacial score (nSPS) is 51.9. The van der Waals surface area contributed by atoms with Crippen LogP contribution in [0.25, 0.3) is 0 Å². The molecular formula is C24H36O3. The van der Waals surface area contributed by atoms with E-state index in [-0.39, 0.29) is 45.4 Å². The van der Waals surface area contributed by atoms with E-state index in [0.29, 0.717) is 12.2 Å². The Labute approximate surface area is 164 Å². The highest BCUT2D eigenvalue weighted by atomic mass is 16.3. The quantitative estimate of drug-likeness (QED) is 0.752. The van der Waals surface area contributed by atoms with Gasteiger partial charge in [-0.05, 0) is 78.1 Å². The summed E-state index contributed by atoms with van der Waals surface area (Å²) in [5, 5.41) is 9.56. The lowest BCUT2D eigenvalue weighted by Crippen LogP contribution is -2.66. The molecule has 3 saturated carbocycles. The number of hydrogen-bond acceptors (Lipinski definition) is 3. The van der Waals surface area contributed by atoms with Crippen LogP contribution in [0.1, 0.15) is 86.0 Å². The summed E-state index contributed by atoms with van der Waals surface area (Å²) in [6, 6.07) is 0. The molecule has 0 saturated heterocycles. The minimum absolute atomic E-state index is 0.00782. The maximum Gasteiger partial charge on any atom is 0.161 e. The van der Waals surface area contributed by atoms with Crippen molar-refractivity contribution in [1.29, 1.82) is 0 Å². The Hall–Kier alpha value is -0.960. The van der Waals surface area contributed by atoms with Gasteiger partial charge in [0.25, 0.3) is 0 Å². The first-order chi connectivity index (χ1) is 12.5. The smallest absolute Gasteiger partial charge is 0.161 e. The van der Waals surface area contributed by atoms with Gasteiger partial charge in [0, 0.05) is 12.3 Å². The summed E-state index contributed by atoms with van der Waals surface area (Å²) in [7, 11) is 0. The molecule has 0 aromatic carbocycles. The monoisotopic (exact) mass is 372 g/mol. The number of aliphatic hydroxyl groups is 1. The van der Waals surface area contributed by atoms with Crippen molar-refractivity contribution in [3.05, 3.63) is 11.6 Å². The Kier molecular flexibility index (Phi) is 3.98. The average Bonchev–Trinajstić information content (AvgIpc) is 2.91. The van der Waals surface area contributed by atoms with Gasteiger partial charge in [-0.2, -0.15) is 0 Å². The van der Waals surface area contributed by atoms with Crippen molar-refractivity contribution in [3.63, 3.8) is 0 Å². The topological polar surface area (TPSA) is 54.4 Å². The van der Waals surface area contributed by atoms with Crippen LogP contribution in [0, 0.1) is 33.0 Å². The molecule has 0 heterocycles. The van der Waals surface area contributed by atoms with E-state index in [2.05, 4.69) is 34.6 Å². The van der Waals surface area contributed by atoms with Gasteiger partial charge in [0.2, 0.25) is 0 Å². The summed E-state index contributed by atoms with van der Waals surface area (Å²) >= 11 is 0. The van der Waals surface area contributed by atoms with E-state index in [9.17, 15) is 14.7 Å². The summed E-state index contributed by atoms with van der Waals surface area (Å²) in [5.74, 6) is 0.335. The largest absolute Gasteiger partial charge is 0.389 e. The van der Waals surface area contributed by atoms with E-state index < -0.39 is 0 Å². The minimum Gasteiger partial charge on any atom is -0.389 e. The molecule has 0 amide bonds. The molecule has 27 heavy (non-hydrogen) atoms. The maximum atomic E-state index is 12.6. The molecule has 3 fully saturated rings. The summed E-state index contributed by atoms with van der Waals surface area (Å²) in [5.41, 5.74) is 1.77. The van der Waals surface area contributed by atoms with Gasteiger partial charge in [-0.15, -0.1) is 0 Å². The van der Waals surface area contributed by atoms with Crippen LogP contribution in [0.4, 0.5) is 0 Å². The van der Waals surface area contributed by atoms with Gasteiger partial charge in [0.05, 0.1) is 0 Å². The van der Waals surface area contributed by atoms with E-state index in [1.54, 1.807) is 0 Å². The fourth-order valence-corrected chi connectivity index (χ4v) is 8.56. The van der Waals surface area contributed by atoms with Crippen LogP contribution in [0.2, 0.25) is 0 Å². The number of carbonyl (C=O) groups excluding carboxylic acids is 2. The fourth-order valence-electron chi connectivity index (χ4n) is 8.56. The van der Waals surface area contributed by atoms with Crippen molar-refractivity contribution in [2.45, 2.75) is 86.0 Å². The number of aliphatic hydroxyl groups excluding tert-OH is 1. The Balaban J connectivity index is 1.84. The number of Topliss-reactive ketones (excluding diaryl/α,β-unsaturated/α-hetero) is 1. The van der Waals surface area contributed by atoms with Gasteiger partial charge in [-0.25, -0.2) is 0 Å². The third-order valence-corrected chi connectivity index (χ3v) is 11.1. The Morgan fingerprint density at radius 1 is 0.963 bits per heavy atom. The van der Waals surface area contributed by atoms with Crippen LogP contribution in [0.15, 0.2) is 11.6 Å². The van der Waals surface area contributed by atoms with Crippen LogP contribution in [0.5, 0.6) is 0 Å². The maximum absolute atomic E-state index is 12.6. The predicted octanol–water partition coefficient (Wildman–Crippen LogP) is 4.87. The zero-order valence-electron chi connectivity index (χ0n) is 17.8. The zero-order chi connectivity index (χ0) is 19.9. The summed E-state index contributed by atoms with van der Waals surface area (Å²) in [6.45, 7) is 11.9. The molecule has 0 aliphatic heterocycles. The van der Waals surface area contributed by atoms with E-state index in [1.165, 1.54) is 5.57 Å². The average molecular weight is 373 g/mol. The first-order valence-corrected chi connectivity index (χ1v) is 10.9. The van der Waals surface area contributed by atoms with Gasteiger partial charge >= 0.3 is 0 Å². The van der Waals surface area contributed by atoms with Crippen LogP contribution >= 0.6 is 0 Å². The van der Waals surface area contributed by atoms with Gasteiger partial charge in [-0.1, -0.05) is 40.2 Å².